The van der Waals surface area contributed by atoms with Crippen molar-refractivity contribution >= 4 is 11.7 Å². The number of halogens is 3. The van der Waals surface area contributed by atoms with Crippen molar-refractivity contribution in [3.05, 3.63) is 35.4 Å². The first kappa shape index (κ1) is 19.6. The lowest BCUT2D eigenvalue weighted by Gasteiger charge is -2.51. The Bertz CT molecular complexity index is 772. The number of carbonyl (C=O) groups is 1. The van der Waals surface area contributed by atoms with Crippen molar-refractivity contribution < 1.29 is 27.8 Å². The van der Waals surface area contributed by atoms with E-state index in [-0.39, 0.29) is 11.5 Å². The molecule has 1 N–H and O–H groups in total. The standard InChI is InChI=1S/C20H24F3NO3/c1-18(2,3)27-17(26)24-11-19(12-24)8-6-13(7-9-19)14-4-5-16(25)15(10-14)20(21,22)23/h4-6,10,25H,7-9,11-12H2,1-3H3. The summed E-state index contributed by atoms with van der Waals surface area (Å²) < 4.78 is 44.3. The summed E-state index contributed by atoms with van der Waals surface area (Å²) in [5.41, 5.74) is -0.223. The summed E-state index contributed by atoms with van der Waals surface area (Å²) >= 11 is 0. The highest BCUT2D eigenvalue weighted by Crippen LogP contribution is 2.46. The number of phenolic OH excluding ortho intramolecular Hbond substituents is 1. The Balaban J connectivity index is 1.66. The molecule has 0 saturated carbocycles. The minimum absolute atomic E-state index is 0.00974. The molecule has 1 amide bonds. The van der Waals surface area contributed by atoms with Gasteiger partial charge in [0.2, 0.25) is 0 Å². The molecule has 1 aliphatic heterocycles. The van der Waals surface area contributed by atoms with Crippen molar-refractivity contribution in [1.82, 2.24) is 4.90 Å². The number of rotatable bonds is 1. The second kappa shape index (κ2) is 6.46. The average Bonchev–Trinajstić information content (AvgIpc) is 2.50. The van der Waals surface area contributed by atoms with Crippen LogP contribution in [0.5, 0.6) is 5.75 Å². The Labute approximate surface area is 156 Å². The molecule has 1 aromatic rings. The monoisotopic (exact) mass is 383 g/mol. The zero-order valence-electron chi connectivity index (χ0n) is 15.7. The van der Waals surface area contributed by atoms with E-state index in [2.05, 4.69) is 0 Å². The van der Waals surface area contributed by atoms with Crippen LogP contribution in [0.4, 0.5) is 18.0 Å². The first-order valence-electron chi connectivity index (χ1n) is 8.96. The summed E-state index contributed by atoms with van der Waals surface area (Å²) in [5, 5.41) is 9.47. The van der Waals surface area contributed by atoms with Gasteiger partial charge in [0, 0.05) is 18.5 Å². The summed E-state index contributed by atoms with van der Waals surface area (Å²) in [6.45, 7) is 6.68. The summed E-state index contributed by atoms with van der Waals surface area (Å²) in [6, 6.07) is 3.62. The molecule has 1 spiro atoms. The molecule has 1 aliphatic carbocycles. The Kier molecular flexibility index (Phi) is 4.68. The minimum Gasteiger partial charge on any atom is -0.507 e. The smallest absolute Gasteiger partial charge is 0.419 e. The van der Waals surface area contributed by atoms with Gasteiger partial charge in [-0.2, -0.15) is 13.2 Å². The number of allylic oxidation sites excluding steroid dienone is 2. The number of aromatic hydroxyl groups is 1. The van der Waals surface area contributed by atoms with Gasteiger partial charge in [-0.15, -0.1) is 0 Å². The van der Waals surface area contributed by atoms with Crippen molar-refractivity contribution in [1.29, 1.82) is 0 Å². The lowest BCUT2D eigenvalue weighted by atomic mass is 9.69. The molecule has 3 rings (SSSR count). The highest BCUT2D eigenvalue weighted by Gasteiger charge is 2.46. The Morgan fingerprint density at radius 3 is 2.41 bits per heavy atom. The predicted molar refractivity (Wildman–Crippen MR) is 95.2 cm³/mol. The Hall–Kier alpha value is -2.18. The quantitative estimate of drug-likeness (QED) is 0.724. The third-order valence-corrected chi connectivity index (χ3v) is 5.08. The number of ether oxygens (including phenoxy) is 1. The van der Waals surface area contributed by atoms with Gasteiger partial charge in [-0.3, -0.25) is 0 Å². The fourth-order valence-electron chi connectivity index (χ4n) is 3.67. The van der Waals surface area contributed by atoms with Crippen LogP contribution in [0.1, 0.15) is 51.2 Å². The second-order valence-corrected chi connectivity index (χ2v) is 8.50. The molecule has 2 aliphatic rings. The average molecular weight is 383 g/mol. The van der Waals surface area contributed by atoms with E-state index in [1.807, 2.05) is 26.8 Å². The minimum atomic E-state index is -4.58. The number of likely N-dealkylation sites (tertiary alicyclic amines) is 1. The zero-order chi connectivity index (χ0) is 20.0. The van der Waals surface area contributed by atoms with E-state index in [0.29, 0.717) is 31.5 Å². The van der Waals surface area contributed by atoms with Crippen LogP contribution in [0.15, 0.2) is 24.3 Å². The molecule has 0 radical (unpaired) electrons. The molecule has 27 heavy (non-hydrogen) atoms. The molecule has 1 aromatic carbocycles. The highest BCUT2D eigenvalue weighted by atomic mass is 19.4. The molecule has 148 valence electrons. The summed E-state index contributed by atoms with van der Waals surface area (Å²) in [4.78, 5) is 13.7. The van der Waals surface area contributed by atoms with Crippen molar-refractivity contribution in [2.75, 3.05) is 13.1 Å². The maximum atomic E-state index is 13.0. The van der Waals surface area contributed by atoms with E-state index in [0.717, 1.165) is 24.1 Å². The molecule has 1 saturated heterocycles. The molecule has 0 aromatic heterocycles. The van der Waals surface area contributed by atoms with Gasteiger partial charge in [0.25, 0.3) is 0 Å². The van der Waals surface area contributed by atoms with Crippen LogP contribution in [-0.4, -0.2) is 34.8 Å². The van der Waals surface area contributed by atoms with Crippen LogP contribution in [0, 0.1) is 5.41 Å². The van der Waals surface area contributed by atoms with Crippen LogP contribution in [0.3, 0.4) is 0 Å². The lowest BCUT2D eigenvalue weighted by Crippen LogP contribution is -2.59. The van der Waals surface area contributed by atoms with E-state index in [9.17, 15) is 23.1 Å². The molecule has 4 nitrogen and oxygen atoms in total. The number of amides is 1. The number of phenols is 1. The van der Waals surface area contributed by atoms with Gasteiger partial charge in [0.1, 0.15) is 11.4 Å². The maximum Gasteiger partial charge on any atom is 0.419 e. The molecular formula is C20H24F3NO3. The first-order chi connectivity index (χ1) is 12.4. The lowest BCUT2D eigenvalue weighted by molar-refractivity contribution is -0.138. The van der Waals surface area contributed by atoms with Crippen molar-refractivity contribution in [3.8, 4) is 5.75 Å². The van der Waals surface area contributed by atoms with Gasteiger partial charge in [0.15, 0.2) is 0 Å². The van der Waals surface area contributed by atoms with Crippen LogP contribution in [0.25, 0.3) is 5.57 Å². The zero-order valence-corrected chi connectivity index (χ0v) is 15.7. The van der Waals surface area contributed by atoms with Crippen molar-refractivity contribution in [2.24, 2.45) is 5.41 Å². The number of nitrogens with zero attached hydrogens (tertiary/aromatic N) is 1. The van der Waals surface area contributed by atoms with Crippen LogP contribution >= 0.6 is 0 Å². The first-order valence-corrected chi connectivity index (χ1v) is 8.96. The van der Waals surface area contributed by atoms with Crippen LogP contribution < -0.4 is 0 Å². The van der Waals surface area contributed by atoms with Gasteiger partial charge in [-0.1, -0.05) is 12.1 Å². The fourth-order valence-corrected chi connectivity index (χ4v) is 3.67. The van der Waals surface area contributed by atoms with E-state index in [1.54, 1.807) is 4.90 Å². The number of alkyl halides is 3. The van der Waals surface area contributed by atoms with Gasteiger partial charge in [-0.25, -0.2) is 4.79 Å². The Morgan fingerprint density at radius 2 is 1.89 bits per heavy atom. The predicted octanol–water partition coefficient (Wildman–Crippen LogP) is 5.22. The van der Waals surface area contributed by atoms with Gasteiger partial charge in [-0.05, 0) is 63.3 Å². The molecular weight excluding hydrogens is 359 g/mol. The maximum absolute atomic E-state index is 13.0. The molecule has 0 atom stereocenters. The normalized spacial score (nSPS) is 19.5. The molecule has 1 heterocycles. The van der Waals surface area contributed by atoms with Gasteiger partial charge >= 0.3 is 12.3 Å². The number of benzene rings is 1. The number of hydrogen-bond acceptors (Lipinski definition) is 3. The third kappa shape index (κ3) is 4.22. The molecule has 7 heteroatoms. The summed E-state index contributed by atoms with van der Waals surface area (Å²) in [5.74, 6) is -0.758. The molecule has 1 fully saturated rings. The fraction of sp³-hybridized carbons (Fsp3) is 0.550. The topological polar surface area (TPSA) is 49.8 Å². The van der Waals surface area contributed by atoms with Gasteiger partial charge in [0.05, 0.1) is 5.56 Å². The third-order valence-electron chi connectivity index (χ3n) is 5.08. The van der Waals surface area contributed by atoms with Gasteiger partial charge < -0.3 is 14.7 Å². The largest absolute Gasteiger partial charge is 0.507 e. The number of carbonyl (C=O) groups excluding carboxylic acids is 1. The van der Waals surface area contributed by atoms with Crippen LogP contribution in [-0.2, 0) is 10.9 Å². The van der Waals surface area contributed by atoms with Crippen LogP contribution in [0.2, 0.25) is 0 Å². The SMILES string of the molecule is CC(C)(C)OC(=O)N1CC2(CC=C(c3ccc(O)c(C(F)(F)F)c3)CC2)C1. The van der Waals surface area contributed by atoms with E-state index in [1.165, 1.54) is 6.07 Å². The van der Waals surface area contributed by atoms with Crippen molar-refractivity contribution in [2.45, 2.75) is 51.8 Å². The van der Waals surface area contributed by atoms with E-state index >= 15 is 0 Å². The van der Waals surface area contributed by atoms with Crippen molar-refractivity contribution in [3.63, 3.8) is 0 Å². The van der Waals surface area contributed by atoms with E-state index in [4.69, 9.17) is 4.74 Å². The second-order valence-electron chi connectivity index (χ2n) is 8.50. The highest BCUT2D eigenvalue weighted by molar-refractivity contribution is 5.71. The number of hydrogen-bond donors (Lipinski definition) is 1. The summed E-state index contributed by atoms with van der Waals surface area (Å²) in [7, 11) is 0. The molecule has 0 unspecified atom stereocenters. The summed E-state index contributed by atoms with van der Waals surface area (Å²) in [6.07, 6.45) is -0.786. The molecule has 0 bridgehead atoms. The van der Waals surface area contributed by atoms with E-state index < -0.39 is 23.1 Å². The Morgan fingerprint density at radius 1 is 1.22 bits per heavy atom.